The topological polar surface area (TPSA) is 87.0 Å². The monoisotopic (exact) mass is 356 g/mol. The maximum absolute atomic E-state index is 12.3. The van der Waals surface area contributed by atoms with E-state index in [1.165, 1.54) is 6.20 Å². The number of halogens is 1. The number of carbonyl (C=O) groups is 1. The molecule has 0 aliphatic carbocycles. The van der Waals surface area contributed by atoms with Gasteiger partial charge in [-0.2, -0.15) is 5.26 Å². The van der Waals surface area contributed by atoms with E-state index in [0.29, 0.717) is 5.69 Å². The van der Waals surface area contributed by atoms with Crippen LogP contribution in [0.3, 0.4) is 0 Å². The van der Waals surface area contributed by atoms with Crippen molar-refractivity contribution in [1.82, 2.24) is 10.3 Å². The summed E-state index contributed by atoms with van der Waals surface area (Å²) in [6.07, 6.45) is 2.85. The molecule has 2 rings (SSSR count). The number of hydrogen-bond donors (Lipinski definition) is 2. The second-order valence-corrected chi connectivity index (χ2v) is 5.48. The average Bonchev–Trinajstić information content (AvgIpc) is 2.63. The van der Waals surface area contributed by atoms with Crippen molar-refractivity contribution in [3.63, 3.8) is 0 Å². The quantitative estimate of drug-likeness (QED) is 0.470. The van der Waals surface area contributed by atoms with E-state index in [1.54, 1.807) is 25.4 Å². The van der Waals surface area contributed by atoms with Crippen LogP contribution in [0.25, 0.3) is 0 Å². The zero-order valence-electron chi connectivity index (χ0n) is 13.8. The first-order valence-corrected chi connectivity index (χ1v) is 7.85. The lowest BCUT2D eigenvalue weighted by molar-refractivity contribution is -0.117. The van der Waals surface area contributed by atoms with Gasteiger partial charge in [0.15, 0.2) is 5.15 Å². The van der Waals surface area contributed by atoms with E-state index in [2.05, 4.69) is 15.6 Å². The van der Waals surface area contributed by atoms with Crippen LogP contribution in [0, 0.1) is 11.3 Å². The maximum atomic E-state index is 12.3. The summed E-state index contributed by atoms with van der Waals surface area (Å²) in [6.45, 7) is 1.83. The number of methoxy groups -OCH3 is 1. The molecule has 0 aliphatic rings. The summed E-state index contributed by atoms with van der Waals surface area (Å²) in [7, 11) is 1.59. The molecule has 1 unspecified atom stereocenters. The number of pyridine rings is 1. The van der Waals surface area contributed by atoms with Gasteiger partial charge in [0.25, 0.3) is 5.91 Å². The number of aromatic nitrogens is 1. The van der Waals surface area contributed by atoms with Gasteiger partial charge >= 0.3 is 0 Å². The SMILES string of the molecule is COc1ccc(C(C)NC(=O)/C(C#N)=C\Nc2cccnc2Cl)cc1. The van der Waals surface area contributed by atoms with E-state index in [-0.39, 0.29) is 16.8 Å². The molecule has 0 spiro atoms. The molecular weight excluding hydrogens is 340 g/mol. The van der Waals surface area contributed by atoms with E-state index < -0.39 is 5.91 Å². The van der Waals surface area contributed by atoms with E-state index in [9.17, 15) is 10.1 Å². The molecule has 0 saturated carbocycles. The van der Waals surface area contributed by atoms with E-state index in [1.807, 2.05) is 37.3 Å². The Kier molecular flexibility index (Phi) is 6.38. The van der Waals surface area contributed by atoms with Crippen LogP contribution in [0.5, 0.6) is 5.75 Å². The smallest absolute Gasteiger partial charge is 0.263 e. The fourth-order valence-electron chi connectivity index (χ4n) is 2.04. The van der Waals surface area contributed by atoms with Gasteiger partial charge in [0, 0.05) is 12.4 Å². The molecule has 1 atom stereocenters. The highest BCUT2D eigenvalue weighted by Gasteiger charge is 2.14. The van der Waals surface area contributed by atoms with Crippen LogP contribution in [0.15, 0.2) is 54.4 Å². The van der Waals surface area contributed by atoms with Gasteiger partial charge in [-0.25, -0.2) is 4.98 Å². The van der Waals surface area contributed by atoms with Crippen molar-refractivity contribution >= 4 is 23.2 Å². The summed E-state index contributed by atoms with van der Waals surface area (Å²) < 4.78 is 5.11. The second kappa shape index (κ2) is 8.71. The third kappa shape index (κ3) is 4.96. The second-order valence-electron chi connectivity index (χ2n) is 5.12. The van der Waals surface area contributed by atoms with Crippen LogP contribution in [-0.2, 0) is 4.79 Å². The summed E-state index contributed by atoms with van der Waals surface area (Å²) in [6, 6.07) is 12.3. The van der Waals surface area contributed by atoms with Crippen LogP contribution in [0.1, 0.15) is 18.5 Å². The van der Waals surface area contributed by atoms with Gasteiger partial charge < -0.3 is 15.4 Å². The molecule has 0 saturated heterocycles. The van der Waals surface area contributed by atoms with Gasteiger partial charge in [0.05, 0.1) is 18.8 Å². The van der Waals surface area contributed by atoms with Crippen molar-refractivity contribution in [2.75, 3.05) is 12.4 Å². The minimum Gasteiger partial charge on any atom is -0.497 e. The zero-order valence-corrected chi connectivity index (χ0v) is 14.5. The minimum absolute atomic E-state index is 0.0692. The highest BCUT2D eigenvalue weighted by atomic mass is 35.5. The molecule has 0 radical (unpaired) electrons. The first-order valence-electron chi connectivity index (χ1n) is 7.47. The third-order valence-electron chi connectivity index (χ3n) is 3.46. The summed E-state index contributed by atoms with van der Waals surface area (Å²) in [5.74, 6) is 0.246. The predicted octanol–water partition coefficient (Wildman–Crippen LogP) is 3.44. The van der Waals surface area contributed by atoms with Crippen molar-refractivity contribution < 1.29 is 9.53 Å². The maximum Gasteiger partial charge on any atom is 0.263 e. The Morgan fingerprint density at radius 1 is 1.36 bits per heavy atom. The molecule has 0 aliphatic heterocycles. The van der Waals surface area contributed by atoms with Crippen LogP contribution in [-0.4, -0.2) is 18.0 Å². The molecule has 6 nitrogen and oxygen atoms in total. The Bertz CT molecular complexity index is 813. The molecule has 1 amide bonds. The Labute approximate surface area is 151 Å². The van der Waals surface area contributed by atoms with Crippen LogP contribution < -0.4 is 15.4 Å². The Balaban J connectivity index is 2.05. The van der Waals surface area contributed by atoms with Gasteiger partial charge in [0.1, 0.15) is 17.4 Å². The first-order chi connectivity index (χ1) is 12.0. The summed E-state index contributed by atoms with van der Waals surface area (Å²) in [5.41, 5.74) is 1.34. The van der Waals surface area contributed by atoms with E-state index in [4.69, 9.17) is 16.3 Å². The van der Waals surface area contributed by atoms with Crippen molar-refractivity contribution in [2.24, 2.45) is 0 Å². The molecule has 0 bridgehead atoms. The van der Waals surface area contributed by atoms with E-state index >= 15 is 0 Å². The molecule has 1 aromatic carbocycles. The number of anilines is 1. The number of benzene rings is 1. The fourth-order valence-corrected chi connectivity index (χ4v) is 2.22. The molecule has 7 heteroatoms. The number of amides is 1. The van der Waals surface area contributed by atoms with Gasteiger partial charge in [0.2, 0.25) is 0 Å². The third-order valence-corrected chi connectivity index (χ3v) is 3.76. The predicted molar refractivity (Wildman–Crippen MR) is 96.1 cm³/mol. The zero-order chi connectivity index (χ0) is 18.2. The minimum atomic E-state index is -0.488. The van der Waals surface area contributed by atoms with Gasteiger partial charge in [-0.3, -0.25) is 4.79 Å². The molecule has 1 aromatic heterocycles. The molecule has 2 N–H and O–H groups in total. The number of hydrogen-bond acceptors (Lipinski definition) is 5. The number of rotatable bonds is 6. The van der Waals surface area contributed by atoms with Gasteiger partial charge in [-0.1, -0.05) is 23.7 Å². The average molecular weight is 357 g/mol. The molecular formula is C18H17ClN4O2. The van der Waals surface area contributed by atoms with E-state index in [0.717, 1.165) is 11.3 Å². The lowest BCUT2D eigenvalue weighted by Crippen LogP contribution is -2.28. The number of carbonyl (C=O) groups excluding carboxylic acids is 1. The molecule has 25 heavy (non-hydrogen) atoms. The Hall–Kier alpha value is -3.04. The van der Waals surface area contributed by atoms with Crippen LogP contribution in [0.2, 0.25) is 5.15 Å². The van der Waals surface area contributed by atoms with Crippen molar-refractivity contribution in [2.45, 2.75) is 13.0 Å². The fraction of sp³-hybridized carbons (Fsp3) is 0.167. The molecule has 1 heterocycles. The van der Waals surface area contributed by atoms with Crippen molar-refractivity contribution in [3.05, 3.63) is 65.1 Å². The number of ether oxygens (including phenoxy) is 1. The Morgan fingerprint density at radius 2 is 2.08 bits per heavy atom. The summed E-state index contributed by atoms with van der Waals surface area (Å²) in [4.78, 5) is 16.2. The summed E-state index contributed by atoms with van der Waals surface area (Å²) >= 11 is 5.92. The highest BCUT2D eigenvalue weighted by Crippen LogP contribution is 2.19. The normalized spacial score (nSPS) is 12.0. The summed E-state index contributed by atoms with van der Waals surface area (Å²) in [5, 5.41) is 15.1. The number of nitrogens with zero attached hydrogens (tertiary/aromatic N) is 2. The Morgan fingerprint density at radius 3 is 2.68 bits per heavy atom. The number of nitriles is 1. The standard InChI is InChI=1S/C18H17ClN4O2/c1-12(13-5-7-15(25-2)8-6-13)23-18(24)14(10-20)11-22-16-4-3-9-21-17(16)19/h3-9,11-12,22H,1-2H3,(H,23,24)/b14-11-. The first kappa shape index (κ1) is 18.3. The van der Waals surface area contributed by atoms with Crippen LogP contribution in [0.4, 0.5) is 5.69 Å². The largest absolute Gasteiger partial charge is 0.497 e. The van der Waals surface area contributed by atoms with Crippen molar-refractivity contribution in [3.8, 4) is 11.8 Å². The van der Waals surface area contributed by atoms with Crippen molar-refractivity contribution in [1.29, 1.82) is 5.26 Å². The number of nitrogens with one attached hydrogen (secondary N) is 2. The lowest BCUT2D eigenvalue weighted by atomic mass is 10.1. The highest BCUT2D eigenvalue weighted by molar-refractivity contribution is 6.32. The lowest BCUT2D eigenvalue weighted by Gasteiger charge is -2.14. The van der Waals surface area contributed by atoms with Crippen LogP contribution >= 0.6 is 11.6 Å². The van der Waals surface area contributed by atoms with Gasteiger partial charge in [-0.15, -0.1) is 0 Å². The molecule has 2 aromatic rings. The molecule has 128 valence electrons. The van der Waals surface area contributed by atoms with Gasteiger partial charge in [-0.05, 0) is 36.8 Å². The molecule has 0 fully saturated rings.